The maximum atomic E-state index is 13.0. The fourth-order valence-electron chi connectivity index (χ4n) is 1.83. The molecular formula is C12H10F4N2O. The number of carbonyl (C=O) groups excluding carboxylic acids is 1. The van der Waals surface area contributed by atoms with Crippen LogP contribution in [0.25, 0.3) is 0 Å². The summed E-state index contributed by atoms with van der Waals surface area (Å²) in [6, 6.07) is 5.30. The summed E-state index contributed by atoms with van der Waals surface area (Å²) in [6.45, 7) is 0.973. The van der Waals surface area contributed by atoms with Gasteiger partial charge in [-0.25, -0.2) is 9.40 Å². The van der Waals surface area contributed by atoms with Gasteiger partial charge in [0.05, 0.1) is 12.5 Å². The SMILES string of the molecule is CC1C(=O)N(Cc2cccc(F)c2)N=C1C(F)(F)F. The van der Waals surface area contributed by atoms with Gasteiger partial charge in [0, 0.05) is 0 Å². The second kappa shape index (κ2) is 4.64. The number of alkyl halides is 3. The van der Waals surface area contributed by atoms with Gasteiger partial charge in [0.1, 0.15) is 5.82 Å². The Hall–Kier alpha value is -1.92. The van der Waals surface area contributed by atoms with E-state index in [9.17, 15) is 22.4 Å². The highest BCUT2D eigenvalue weighted by atomic mass is 19.4. The number of carbonyl (C=O) groups is 1. The zero-order valence-electron chi connectivity index (χ0n) is 9.91. The second-order valence-electron chi connectivity index (χ2n) is 4.23. The molecule has 0 aromatic heterocycles. The first-order valence-electron chi connectivity index (χ1n) is 5.50. The minimum atomic E-state index is -4.63. The van der Waals surface area contributed by atoms with E-state index in [4.69, 9.17) is 0 Å². The monoisotopic (exact) mass is 274 g/mol. The Morgan fingerprint density at radius 1 is 1.37 bits per heavy atom. The molecule has 0 bridgehead atoms. The molecule has 0 fully saturated rings. The third-order valence-electron chi connectivity index (χ3n) is 2.78. The Kier molecular flexibility index (Phi) is 3.30. The summed E-state index contributed by atoms with van der Waals surface area (Å²) in [5.74, 6) is -2.58. The number of hydrogen-bond acceptors (Lipinski definition) is 2. The first kappa shape index (κ1) is 13.5. The molecule has 0 aliphatic carbocycles. The van der Waals surface area contributed by atoms with E-state index in [1.54, 1.807) is 0 Å². The van der Waals surface area contributed by atoms with E-state index in [0.29, 0.717) is 5.56 Å². The lowest BCUT2D eigenvalue weighted by Crippen LogP contribution is -2.30. The van der Waals surface area contributed by atoms with E-state index < -0.39 is 29.5 Å². The fourth-order valence-corrected chi connectivity index (χ4v) is 1.83. The molecular weight excluding hydrogens is 264 g/mol. The Labute approximate surface area is 106 Å². The summed E-state index contributed by atoms with van der Waals surface area (Å²) in [5.41, 5.74) is -0.735. The van der Waals surface area contributed by atoms with Crippen LogP contribution >= 0.6 is 0 Å². The molecule has 7 heteroatoms. The highest BCUT2D eigenvalue weighted by Crippen LogP contribution is 2.29. The van der Waals surface area contributed by atoms with Crippen molar-refractivity contribution in [1.29, 1.82) is 0 Å². The molecule has 0 spiro atoms. The van der Waals surface area contributed by atoms with Crippen LogP contribution in [-0.4, -0.2) is 22.8 Å². The van der Waals surface area contributed by atoms with Crippen LogP contribution < -0.4 is 0 Å². The van der Waals surface area contributed by atoms with Crippen molar-refractivity contribution in [2.75, 3.05) is 0 Å². The van der Waals surface area contributed by atoms with Gasteiger partial charge < -0.3 is 0 Å². The molecule has 0 radical (unpaired) electrons. The van der Waals surface area contributed by atoms with Crippen molar-refractivity contribution in [3.8, 4) is 0 Å². The number of halogens is 4. The lowest BCUT2D eigenvalue weighted by atomic mass is 10.1. The maximum Gasteiger partial charge on any atom is 0.431 e. The van der Waals surface area contributed by atoms with E-state index in [2.05, 4.69) is 5.10 Å². The average molecular weight is 274 g/mol. The number of benzene rings is 1. The summed E-state index contributed by atoms with van der Waals surface area (Å²) < 4.78 is 50.7. The van der Waals surface area contributed by atoms with Crippen molar-refractivity contribution >= 4 is 11.6 Å². The molecule has 1 unspecified atom stereocenters. The van der Waals surface area contributed by atoms with Crippen molar-refractivity contribution in [2.45, 2.75) is 19.6 Å². The molecule has 1 amide bonds. The van der Waals surface area contributed by atoms with Crippen LogP contribution in [0.2, 0.25) is 0 Å². The fraction of sp³-hybridized carbons (Fsp3) is 0.333. The maximum absolute atomic E-state index is 13.0. The van der Waals surface area contributed by atoms with E-state index in [1.807, 2.05) is 0 Å². The van der Waals surface area contributed by atoms with Crippen molar-refractivity contribution in [2.24, 2.45) is 11.0 Å². The lowest BCUT2D eigenvalue weighted by molar-refractivity contribution is -0.132. The van der Waals surface area contributed by atoms with Crippen LogP contribution in [0, 0.1) is 11.7 Å². The minimum Gasteiger partial charge on any atom is -0.272 e. The van der Waals surface area contributed by atoms with E-state index in [-0.39, 0.29) is 6.54 Å². The Bertz CT molecular complexity index is 539. The van der Waals surface area contributed by atoms with E-state index in [1.165, 1.54) is 18.2 Å². The zero-order chi connectivity index (χ0) is 14.2. The number of hydrogen-bond donors (Lipinski definition) is 0. The number of amides is 1. The lowest BCUT2D eigenvalue weighted by Gasteiger charge is -2.12. The van der Waals surface area contributed by atoms with Crippen molar-refractivity contribution in [3.05, 3.63) is 35.6 Å². The van der Waals surface area contributed by atoms with Gasteiger partial charge in [-0.05, 0) is 24.6 Å². The topological polar surface area (TPSA) is 32.7 Å². The number of nitrogens with zero attached hydrogens (tertiary/aromatic N) is 2. The largest absolute Gasteiger partial charge is 0.431 e. The van der Waals surface area contributed by atoms with Gasteiger partial charge in [0.15, 0.2) is 5.71 Å². The molecule has 19 heavy (non-hydrogen) atoms. The first-order valence-corrected chi connectivity index (χ1v) is 5.50. The van der Waals surface area contributed by atoms with E-state index >= 15 is 0 Å². The highest BCUT2D eigenvalue weighted by molar-refractivity contribution is 6.10. The summed E-state index contributed by atoms with van der Waals surface area (Å²) in [7, 11) is 0. The molecule has 1 aromatic rings. The highest BCUT2D eigenvalue weighted by Gasteiger charge is 2.47. The van der Waals surface area contributed by atoms with Crippen molar-refractivity contribution < 1.29 is 22.4 Å². The molecule has 0 saturated heterocycles. The molecule has 0 saturated carbocycles. The Balaban J connectivity index is 2.22. The predicted molar refractivity (Wildman–Crippen MR) is 59.6 cm³/mol. The van der Waals surface area contributed by atoms with Crippen molar-refractivity contribution in [1.82, 2.24) is 5.01 Å². The molecule has 1 aliphatic heterocycles. The standard InChI is InChI=1S/C12H10F4N2O/c1-7-10(12(14,15)16)17-18(11(7)19)6-8-3-2-4-9(13)5-8/h2-5,7H,6H2,1H3. The van der Waals surface area contributed by atoms with Crippen LogP contribution in [0.5, 0.6) is 0 Å². The molecule has 3 nitrogen and oxygen atoms in total. The summed E-state index contributed by atoms with van der Waals surface area (Å²) in [6.07, 6.45) is -4.63. The third kappa shape index (κ3) is 2.74. The predicted octanol–water partition coefficient (Wildman–Crippen LogP) is 2.72. The Morgan fingerprint density at radius 3 is 2.58 bits per heavy atom. The average Bonchev–Trinajstić information content (AvgIpc) is 2.57. The van der Waals surface area contributed by atoms with E-state index in [0.717, 1.165) is 18.0 Å². The van der Waals surface area contributed by atoms with Crippen LogP contribution in [0.15, 0.2) is 29.4 Å². The number of hydrazone groups is 1. The van der Waals surface area contributed by atoms with Crippen LogP contribution in [0.4, 0.5) is 17.6 Å². The molecule has 1 heterocycles. The summed E-state index contributed by atoms with van der Waals surface area (Å²) >= 11 is 0. The zero-order valence-corrected chi connectivity index (χ0v) is 9.91. The normalized spacial score (nSPS) is 19.8. The molecule has 1 atom stereocenters. The Morgan fingerprint density at radius 2 is 2.05 bits per heavy atom. The summed E-state index contributed by atoms with van der Waals surface area (Å²) in [5, 5.41) is 4.02. The summed E-state index contributed by atoms with van der Waals surface area (Å²) in [4.78, 5) is 11.7. The van der Waals surface area contributed by atoms with Gasteiger partial charge >= 0.3 is 6.18 Å². The third-order valence-corrected chi connectivity index (χ3v) is 2.78. The van der Waals surface area contributed by atoms with Crippen LogP contribution in [0.1, 0.15) is 12.5 Å². The van der Waals surface area contributed by atoms with Gasteiger partial charge in [0.25, 0.3) is 5.91 Å². The van der Waals surface area contributed by atoms with Gasteiger partial charge in [-0.3, -0.25) is 4.79 Å². The minimum absolute atomic E-state index is 0.180. The molecule has 1 aromatic carbocycles. The van der Waals surface area contributed by atoms with Crippen molar-refractivity contribution in [3.63, 3.8) is 0 Å². The number of rotatable bonds is 2. The van der Waals surface area contributed by atoms with Gasteiger partial charge in [-0.2, -0.15) is 18.3 Å². The molecule has 0 N–H and O–H groups in total. The van der Waals surface area contributed by atoms with Crippen LogP contribution in [-0.2, 0) is 11.3 Å². The smallest absolute Gasteiger partial charge is 0.272 e. The van der Waals surface area contributed by atoms with Gasteiger partial charge in [-0.15, -0.1) is 0 Å². The molecule has 1 aliphatic rings. The quantitative estimate of drug-likeness (QED) is 0.763. The van der Waals surface area contributed by atoms with Gasteiger partial charge in [-0.1, -0.05) is 12.1 Å². The second-order valence-corrected chi connectivity index (χ2v) is 4.23. The van der Waals surface area contributed by atoms with Gasteiger partial charge in [0.2, 0.25) is 0 Å². The van der Waals surface area contributed by atoms with Crippen LogP contribution in [0.3, 0.4) is 0 Å². The first-order chi connectivity index (χ1) is 8.79. The molecule has 102 valence electrons. The molecule has 2 rings (SSSR count).